The third-order valence-electron chi connectivity index (χ3n) is 2.66. The maximum atomic E-state index is 11.1. The van der Waals surface area contributed by atoms with E-state index in [-0.39, 0.29) is 11.8 Å². The molecule has 2 atom stereocenters. The van der Waals surface area contributed by atoms with Crippen molar-refractivity contribution in [3.05, 3.63) is 0 Å². The second-order valence-electron chi connectivity index (χ2n) is 4.09. The number of hydroxylamine groups is 1. The number of carbonyl (C=O) groups excluding carboxylic acids is 1. The first-order chi connectivity index (χ1) is 5.63. The Bertz CT molecular complexity index is 160. The standard InChI is InChI=1S/C9H17NO2/c1-6-3-7(2)5-8(4-6)9(11)10-12/h6-8,12H,3-5H2,1-2H3,(H,10,11). The molecule has 1 rings (SSSR count). The van der Waals surface area contributed by atoms with Gasteiger partial charge >= 0.3 is 0 Å². The Morgan fingerprint density at radius 2 is 1.75 bits per heavy atom. The van der Waals surface area contributed by atoms with Gasteiger partial charge in [-0.2, -0.15) is 0 Å². The lowest BCUT2D eigenvalue weighted by Crippen LogP contribution is -2.33. The predicted molar refractivity (Wildman–Crippen MR) is 45.6 cm³/mol. The minimum Gasteiger partial charge on any atom is -0.289 e. The van der Waals surface area contributed by atoms with Gasteiger partial charge < -0.3 is 0 Å². The number of rotatable bonds is 1. The molecule has 2 unspecified atom stereocenters. The first-order valence-electron chi connectivity index (χ1n) is 4.57. The Kier molecular flexibility index (Phi) is 3.09. The molecule has 12 heavy (non-hydrogen) atoms. The zero-order valence-electron chi connectivity index (χ0n) is 7.71. The van der Waals surface area contributed by atoms with Crippen LogP contribution in [0.4, 0.5) is 0 Å². The van der Waals surface area contributed by atoms with Gasteiger partial charge in [-0.25, -0.2) is 5.48 Å². The van der Waals surface area contributed by atoms with Crippen LogP contribution in [-0.2, 0) is 4.79 Å². The molecule has 1 saturated carbocycles. The van der Waals surface area contributed by atoms with E-state index in [2.05, 4.69) is 13.8 Å². The summed E-state index contributed by atoms with van der Waals surface area (Å²) in [6, 6.07) is 0. The number of hydrogen-bond acceptors (Lipinski definition) is 2. The number of nitrogens with one attached hydrogen (secondary N) is 1. The van der Waals surface area contributed by atoms with Gasteiger partial charge in [0.05, 0.1) is 0 Å². The third-order valence-corrected chi connectivity index (χ3v) is 2.66. The van der Waals surface area contributed by atoms with E-state index in [4.69, 9.17) is 5.21 Å². The topological polar surface area (TPSA) is 49.3 Å². The van der Waals surface area contributed by atoms with Crippen LogP contribution in [0.2, 0.25) is 0 Å². The van der Waals surface area contributed by atoms with Crippen LogP contribution >= 0.6 is 0 Å². The van der Waals surface area contributed by atoms with Crippen LogP contribution in [0.15, 0.2) is 0 Å². The Balaban J connectivity index is 2.49. The molecule has 0 saturated heterocycles. The molecular weight excluding hydrogens is 154 g/mol. The van der Waals surface area contributed by atoms with E-state index in [1.54, 1.807) is 5.48 Å². The van der Waals surface area contributed by atoms with Gasteiger partial charge in [0, 0.05) is 5.92 Å². The van der Waals surface area contributed by atoms with Gasteiger partial charge in [-0.3, -0.25) is 10.0 Å². The number of amides is 1. The molecule has 0 heterocycles. The summed E-state index contributed by atoms with van der Waals surface area (Å²) >= 11 is 0. The molecule has 1 fully saturated rings. The molecule has 2 N–H and O–H groups in total. The summed E-state index contributed by atoms with van der Waals surface area (Å²) in [5.74, 6) is 1.02. The summed E-state index contributed by atoms with van der Waals surface area (Å²) in [5, 5.41) is 8.46. The van der Waals surface area contributed by atoms with Gasteiger partial charge in [-0.1, -0.05) is 13.8 Å². The average molecular weight is 171 g/mol. The second-order valence-corrected chi connectivity index (χ2v) is 4.09. The molecule has 0 spiro atoms. The summed E-state index contributed by atoms with van der Waals surface area (Å²) in [6.07, 6.45) is 3.03. The van der Waals surface area contributed by atoms with E-state index in [1.165, 1.54) is 6.42 Å². The molecule has 3 nitrogen and oxygen atoms in total. The maximum absolute atomic E-state index is 11.1. The lowest BCUT2D eigenvalue weighted by Gasteiger charge is -2.29. The highest BCUT2D eigenvalue weighted by Gasteiger charge is 2.28. The van der Waals surface area contributed by atoms with Crippen molar-refractivity contribution in [1.82, 2.24) is 5.48 Å². The van der Waals surface area contributed by atoms with Crippen molar-refractivity contribution < 1.29 is 10.0 Å². The Hall–Kier alpha value is -0.570. The summed E-state index contributed by atoms with van der Waals surface area (Å²) in [4.78, 5) is 11.1. The van der Waals surface area contributed by atoms with Crippen LogP contribution in [-0.4, -0.2) is 11.1 Å². The summed E-state index contributed by atoms with van der Waals surface area (Å²) in [7, 11) is 0. The van der Waals surface area contributed by atoms with E-state index in [1.807, 2.05) is 0 Å². The SMILES string of the molecule is CC1CC(C)CC(C(=O)NO)C1. The minimum absolute atomic E-state index is 0.0220. The van der Waals surface area contributed by atoms with Crippen molar-refractivity contribution in [1.29, 1.82) is 0 Å². The van der Waals surface area contributed by atoms with Gasteiger partial charge in [-0.15, -0.1) is 0 Å². The number of hydrogen-bond donors (Lipinski definition) is 2. The highest BCUT2D eigenvalue weighted by atomic mass is 16.5. The van der Waals surface area contributed by atoms with E-state index in [0.717, 1.165) is 12.8 Å². The Labute approximate surface area is 73.1 Å². The summed E-state index contributed by atoms with van der Waals surface area (Å²) in [6.45, 7) is 4.32. The van der Waals surface area contributed by atoms with Crippen molar-refractivity contribution in [2.45, 2.75) is 33.1 Å². The van der Waals surface area contributed by atoms with Crippen molar-refractivity contribution in [2.75, 3.05) is 0 Å². The first kappa shape index (κ1) is 9.52. The Morgan fingerprint density at radius 3 is 2.17 bits per heavy atom. The van der Waals surface area contributed by atoms with Crippen LogP contribution in [0, 0.1) is 17.8 Å². The third kappa shape index (κ3) is 2.21. The average Bonchev–Trinajstić information content (AvgIpc) is 2.01. The van der Waals surface area contributed by atoms with E-state index in [0.29, 0.717) is 11.8 Å². The van der Waals surface area contributed by atoms with Crippen LogP contribution in [0.1, 0.15) is 33.1 Å². The van der Waals surface area contributed by atoms with Crippen molar-refractivity contribution in [2.24, 2.45) is 17.8 Å². The fraction of sp³-hybridized carbons (Fsp3) is 0.889. The molecule has 0 aliphatic heterocycles. The molecule has 3 heteroatoms. The lowest BCUT2D eigenvalue weighted by atomic mass is 9.76. The fourth-order valence-electron chi connectivity index (χ4n) is 2.25. The zero-order chi connectivity index (χ0) is 9.14. The van der Waals surface area contributed by atoms with Crippen LogP contribution < -0.4 is 5.48 Å². The van der Waals surface area contributed by atoms with Crippen LogP contribution in [0.3, 0.4) is 0 Å². The monoisotopic (exact) mass is 171 g/mol. The van der Waals surface area contributed by atoms with Gasteiger partial charge in [-0.05, 0) is 31.1 Å². The molecule has 0 bridgehead atoms. The highest BCUT2D eigenvalue weighted by molar-refractivity contribution is 5.77. The summed E-state index contributed by atoms with van der Waals surface area (Å²) < 4.78 is 0. The minimum atomic E-state index is -0.214. The molecule has 0 aromatic carbocycles. The number of carbonyl (C=O) groups is 1. The van der Waals surface area contributed by atoms with E-state index in [9.17, 15) is 4.79 Å². The highest BCUT2D eigenvalue weighted by Crippen LogP contribution is 2.32. The van der Waals surface area contributed by atoms with Gasteiger partial charge in [0.15, 0.2) is 0 Å². The lowest BCUT2D eigenvalue weighted by molar-refractivity contribution is -0.135. The van der Waals surface area contributed by atoms with Crippen molar-refractivity contribution in [3.63, 3.8) is 0 Å². The fourth-order valence-corrected chi connectivity index (χ4v) is 2.25. The molecule has 1 aliphatic carbocycles. The maximum Gasteiger partial charge on any atom is 0.246 e. The van der Waals surface area contributed by atoms with Crippen LogP contribution in [0.25, 0.3) is 0 Å². The molecule has 0 aromatic rings. The quantitative estimate of drug-likeness (QED) is 0.464. The van der Waals surface area contributed by atoms with Crippen molar-refractivity contribution >= 4 is 5.91 Å². The van der Waals surface area contributed by atoms with Gasteiger partial charge in [0.2, 0.25) is 5.91 Å². The van der Waals surface area contributed by atoms with Crippen LogP contribution in [0.5, 0.6) is 0 Å². The molecule has 70 valence electrons. The first-order valence-corrected chi connectivity index (χ1v) is 4.57. The smallest absolute Gasteiger partial charge is 0.246 e. The molecule has 0 aromatic heterocycles. The summed E-state index contributed by atoms with van der Waals surface area (Å²) in [5.41, 5.74) is 1.74. The van der Waals surface area contributed by atoms with E-state index >= 15 is 0 Å². The van der Waals surface area contributed by atoms with Gasteiger partial charge in [0.1, 0.15) is 0 Å². The van der Waals surface area contributed by atoms with Crippen molar-refractivity contribution in [3.8, 4) is 0 Å². The zero-order valence-corrected chi connectivity index (χ0v) is 7.71. The second kappa shape index (κ2) is 3.90. The molecule has 1 amide bonds. The molecular formula is C9H17NO2. The Morgan fingerprint density at radius 1 is 1.25 bits per heavy atom. The van der Waals surface area contributed by atoms with Gasteiger partial charge in [0.25, 0.3) is 0 Å². The molecule has 1 aliphatic rings. The van der Waals surface area contributed by atoms with E-state index < -0.39 is 0 Å². The largest absolute Gasteiger partial charge is 0.289 e. The predicted octanol–water partition coefficient (Wildman–Crippen LogP) is 1.56. The normalized spacial score (nSPS) is 36.1. The molecule has 0 radical (unpaired) electrons.